The summed E-state index contributed by atoms with van der Waals surface area (Å²) in [6.07, 6.45) is 2.44. The van der Waals surface area contributed by atoms with E-state index in [0.29, 0.717) is 35.9 Å². The molecule has 0 aromatic heterocycles. The highest BCUT2D eigenvalue weighted by molar-refractivity contribution is 5.95. The highest BCUT2D eigenvalue weighted by Gasteiger charge is 2.20. The zero-order valence-corrected chi connectivity index (χ0v) is 14.6. The summed E-state index contributed by atoms with van der Waals surface area (Å²) in [5.41, 5.74) is 0.449. The van der Waals surface area contributed by atoms with Gasteiger partial charge in [-0.1, -0.05) is 6.92 Å². The summed E-state index contributed by atoms with van der Waals surface area (Å²) in [7, 11) is 3.07. The lowest BCUT2D eigenvalue weighted by Gasteiger charge is -2.30. The van der Waals surface area contributed by atoms with Gasteiger partial charge in [-0.25, -0.2) is 0 Å². The number of nitrogens with one attached hydrogen (secondary N) is 1. The van der Waals surface area contributed by atoms with Gasteiger partial charge in [-0.15, -0.1) is 0 Å². The van der Waals surface area contributed by atoms with Crippen molar-refractivity contribution in [3.8, 4) is 11.5 Å². The van der Waals surface area contributed by atoms with Crippen molar-refractivity contribution in [2.75, 3.05) is 33.9 Å². The Balaban J connectivity index is 1.83. The van der Waals surface area contributed by atoms with Crippen molar-refractivity contribution in [1.29, 1.82) is 0 Å². The molecule has 1 aliphatic rings. The Morgan fingerprint density at radius 1 is 1.12 bits per heavy atom. The maximum absolute atomic E-state index is 12.2. The third-order valence-corrected chi connectivity index (χ3v) is 4.37. The van der Waals surface area contributed by atoms with Crippen LogP contribution in [-0.4, -0.2) is 50.6 Å². The molecule has 1 N–H and O–H groups in total. The van der Waals surface area contributed by atoms with E-state index in [0.717, 1.165) is 25.9 Å². The summed E-state index contributed by atoms with van der Waals surface area (Å²) < 4.78 is 10.3. The molecule has 2 rings (SSSR count). The first kappa shape index (κ1) is 18.1. The molecular formula is C18H26N2O4. The van der Waals surface area contributed by atoms with E-state index in [1.165, 1.54) is 14.2 Å². The van der Waals surface area contributed by atoms with Gasteiger partial charge in [-0.05, 0) is 30.9 Å². The standard InChI is InChI=1S/C18H26N2O4/c1-13-5-8-20(9-6-13)17(21)4-7-19-18(22)14-10-15(23-2)12-16(11-14)24-3/h10-13H,4-9H2,1-3H3,(H,19,22). The van der Waals surface area contributed by atoms with Crippen LogP contribution < -0.4 is 14.8 Å². The van der Waals surface area contributed by atoms with Crippen LogP contribution in [0.1, 0.15) is 36.5 Å². The van der Waals surface area contributed by atoms with Crippen molar-refractivity contribution >= 4 is 11.8 Å². The second kappa shape index (κ2) is 8.57. The fourth-order valence-electron chi connectivity index (χ4n) is 2.74. The Hall–Kier alpha value is -2.24. The van der Waals surface area contributed by atoms with Gasteiger partial charge in [-0.3, -0.25) is 9.59 Å². The lowest BCUT2D eigenvalue weighted by Crippen LogP contribution is -2.39. The van der Waals surface area contributed by atoms with Gasteiger partial charge in [0, 0.05) is 37.7 Å². The Labute approximate surface area is 143 Å². The number of nitrogens with zero attached hydrogens (tertiary/aromatic N) is 1. The topological polar surface area (TPSA) is 67.9 Å². The van der Waals surface area contributed by atoms with Crippen LogP contribution in [0.25, 0.3) is 0 Å². The van der Waals surface area contributed by atoms with Crippen LogP contribution >= 0.6 is 0 Å². The smallest absolute Gasteiger partial charge is 0.251 e. The first-order valence-electron chi connectivity index (χ1n) is 8.32. The molecule has 1 aliphatic heterocycles. The molecule has 0 aliphatic carbocycles. The van der Waals surface area contributed by atoms with Crippen LogP contribution in [0.3, 0.4) is 0 Å². The van der Waals surface area contributed by atoms with E-state index >= 15 is 0 Å². The summed E-state index contributed by atoms with van der Waals surface area (Å²) >= 11 is 0. The van der Waals surface area contributed by atoms with E-state index in [1.54, 1.807) is 18.2 Å². The van der Waals surface area contributed by atoms with Gasteiger partial charge in [0.1, 0.15) is 11.5 Å². The Morgan fingerprint density at radius 3 is 2.25 bits per heavy atom. The van der Waals surface area contributed by atoms with Crippen molar-refractivity contribution in [3.63, 3.8) is 0 Å². The number of methoxy groups -OCH3 is 2. The minimum atomic E-state index is -0.243. The van der Waals surface area contributed by atoms with Crippen LogP contribution in [-0.2, 0) is 4.79 Å². The van der Waals surface area contributed by atoms with Gasteiger partial charge in [0.25, 0.3) is 5.91 Å². The van der Waals surface area contributed by atoms with Crippen molar-refractivity contribution in [1.82, 2.24) is 10.2 Å². The van der Waals surface area contributed by atoms with Gasteiger partial charge in [0.15, 0.2) is 0 Å². The third-order valence-electron chi connectivity index (χ3n) is 4.37. The Kier molecular flexibility index (Phi) is 6.46. The first-order chi connectivity index (χ1) is 11.5. The van der Waals surface area contributed by atoms with Crippen molar-refractivity contribution in [3.05, 3.63) is 23.8 Å². The van der Waals surface area contributed by atoms with E-state index in [-0.39, 0.29) is 11.8 Å². The van der Waals surface area contributed by atoms with E-state index in [4.69, 9.17) is 9.47 Å². The van der Waals surface area contributed by atoms with Gasteiger partial charge < -0.3 is 19.7 Å². The van der Waals surface area contributed by atoms with Gasteiger partial charge in [0.05, 0.1) is 14.2 Å². The number of amides is 2. The van der Waals surface area contributed by atoms with Crippen molar-refractivity contribution in [2.24, 2.45) is 5.92 Å². The summed E-state index contributed by atoms with van der Waals surface area (Å²) in [5, 5.41) is 2.78. The molecule has 0 saturated carbocycles. The second-order valence-corrected chi connectivity index (χ2v) is 6.17. The van der Waals surface area contributed by atoms with E-state index in [9.17, 15) is 9.59 Å². The van der Waals surface area contributed by atoms with Crippen LogP contribution in [0.2, 0.25) is 0 Å². The monoisotopic (exact) mass is 334 g/mol. The fourth-order valence-corrected chi connectivity index (χ4v) is 2.74. The van der Waals surface area contributed by atoms with Gasteiger partial charge >= 0.3 is 0 Å². The number of carbonyl (C=O) groups excluding carboxylic acids is 2. The molecule has 24 heavy (non-hydrogen) atoms. The van der Waals surface area contributed by atoms with Gasteiger partial charge in [-0.2, -0.15) is 0 Å². The number of likely N-dealkylation sites (tertiary alicyclic amines) is 1. The van der Waals surface area contributed by atoms with Crippen LogP contribution in [0.4, 0.5) is 0 Å². The number of hydrogen-bond acceptors (Lipinski definition) is 4. The summed E-state index contributed by atoms with van der Waals surface area (Å²) in [4.78, 5) is 26.3. The molecule has 6 nitrogen and oxygen atoms in total. The molecule has 1 saturated heterocycles. The number of benzene rings is 1. The highest BCUT2D eigenvalue weighted by Crippen LogP contribution is 2.22. The van der Waals surface area contributed by atoms with E-state index in [2.05, 4.69) is 12.2 Å². The van der Waals surface area contributed by atoms with Crippen molar-refractivity contribution in [2.45, 2.75) is 26.2 Å². The first-order valence-corrected chi connectivity index (χ1v) is 8.32. The van der Waals surface area contributed by atoms with Crippen LogP contribution in [0, 0.1) is 5.92 Å². The molecule has 132 valence electrons. The number of piperidine rings is 1. The molecule has 0 bridgehead atoms. The SMILES string of the molecule is COc1cc(OC)cc(C(=O)NCCC(=O)N2CCC(C)CC2)c1. The normalized spacial score (nSPS) is 15.0. The molecule has 1 aromatic carbocycles. The van der Waals surface area contributed by atoms with Crippen LogP contribution in [0.5, 0.6) is 11.5 Å². The van der Waals surface area contributed by atoms with Gasteiger partial charge in [0.2, 0.25) is 5.91 Å². The Morgan fingerprint density at radius 2 is 1.71 bits per heavy atom. The molecule has 2 amide bonds. The Bertz CT molecular complexity index is 558. The predicted molar refractivity (Wildman–Crippen MR) is 91.5 cm³/mol. The highest BCUT2D eigenvalue weighted by atomic mass is 16.5. The average Bonchev–Trinajstić information content (AvgIpc) is 2.61. The van der Waals surface area contributed by atoms with E-state index < -0.39 is 0 Å². The molecular weight excluding hydrogens is 308 g/mol. The average molecular weight is 334 g/mol. The summed E-state index contributed by atoms with van der Waals surface area (Å²) in [5.74, 6) is 1.66. The number of carbonyl (C=O) groups is 2. The second-order valence-electron chi connectivity index (χ2n) is 6.17. The molecule has 0 unspecified atom stereocenters. The quantitative estimate of drug-likeness (QED) is 0.865. The molecule has 0 spiro atoms. The number of hydrogen-bond donors (Lipinski definition) is 1. The lowest BCUT2D eigenvalue weighted by molar-refractivity contribution is -0.132. The maximum Gasteiger partial charge on any atom is 0.251 e. The number of rotatable bonds is 6. The fraction of sp³-hybridized carbons (Fsp3) is 0.556. The minimum Gasteiger partial charge on any atom is -0.497 e. The molecule has 6 heteroatoms. The minimum absolute atomic E-state index is 0.102. The molecule has 1 heterocycles. The molecule has 1 aromatic rings. The molecule has 1 fully saturated rings. The van der Waals surface area contributed by atoms with E-state index in [1.807, 2.05) is 4.90 Å². The summed E-state index contributed by atoms with van der Waals surface area (Å²) in [6, 6.07) is 5.00. The zero-order valence-electron chi connectivity index (χ0n) is 14.6. The third kappa shape index (κ3) is 4.88. The van der Waals surface area contributed by atoms with Crippen LogP contribution in [0.15, 0.2) is 18.2 Å². The zero-order chi connectivity index (χ0) is 17.5. The largest absolute Gasteiger partial charge is 0.497 e. The summed E-state index contributed by atoms with van der Waals surface area (Å²) in [6.45, 7) is 4.18. The maximum atomic E-state index is 12.2. The lowest BCUT2D eigenvalue weighted by atomic mass is 9.99. The van der Waals surface area contributed by atoms with Crippen molar-refractivity contribution < 1.29 is 19.1 Å². The predicted octanol–water partition coefficient (Wildman–Crippen LogP) is 2.08. The number of ether oxygens (including phenoxy) is 2. The molecule has 0 atom stereocenters. The molecule has 0 radical (unpaired) electrons.